The summed E-state index contributed by atoms with van der Waals surface area (Å²) in [6, 6.07) is 8.38. The van der Waals surface area contributed by atoms with E-state index in [1.165, 1.54) is 12.4 Å². The van der Waals surface area contributed by atoms with Gasteiger partial charge in [-0.2, -0.15) is 5.26 Å². The topological polar surface area (TPSA) is 73.6 Å². The Bertz CT molecular complexity index is 641. The number of nitriles is 1. The van der Waals surface area contributed by atoms with Crippen LogP contribution in [0.15, 0.2) is 35.1 Å². The van der Waals surface area contributed by atoms with Gasteiger partial charge >= 0.3 is 0 Å². The molecule has 5 nitrogen and oxygen atoms in total. The lowest BCUT2D eigenvalue weighted by atomic mass is 10.2. The molecule has 0 saturated heterocycles. The first-order valence-electron chi connectivity index (χ1n) is 5.79. The summed E-state index contributed by atoms with van der Waals surface area (Å²) in [5.41, 5.74) is 0.532. The van der Waals surface area contributed by atoms with Crippen molar-refractivity contribution in [3.63, 3.8) is 0 Å². The molecule has 0 fully saturated rings. The molecule has 2 N–H and O–H groups in total. The van der Waals surface area contributed by atoms with E-state index in [4.69, 9.17) is 5.26 Å². The van der Waals surface area contributed by atoms with Gasteiger partial charge in [-0.25, -0.2) is 14.4 Å². The molecule has 2 rings (SSSR count). The highest BCUT2D eigenvalue weighted by Gasteiger charge is 2.04. The van der Waals surface area contributed by atoms with Gasteiger partial charge in [0.25, 0.3) is 0 Å². The number of rotatable bonds is 5. The van der Waals surface area contributed by atoms with Crippen molar-refractivity contribution in [2.45, 2.75) is 6.54 Å². The van der Waals surface area contributed by atoms with Crippen LogP contribution < -0.4 is 10.6 Å². The molecule has 0 aliphatic carbocycles. The normalized spacial score (nSPS) is 9.85. The van der Waals surface area contributed by atoms with Gasteiger partial charge in [-0.15, -0.1) is 0 Å². The lowest BCUT2D eigenvalue weighted by Crippen LogP contribution is -2.06. The monoisotopic (exact) mass is 335 g/mol. The molecule has 2 aromatic rings. The van der Waals surface area contributed by atoms with Crippen molar-refractivity contribution >= 4 is 27.6 Å². The Balaban J connectivity index is 2.03. The van der Waals surface area contributed by atoms with E-state index >= 15 is 0 Å². The van der Waals surface area contributed by atoms with Crippen LogP contribution in [-0.2, 0) is 6.54 Å². The maximum absolute atomic E-state index is 13.6. The Morgan fingerprint density at radius 2 is 1.95 bits per heavy atom. The van der Waals surface area contributed by atoms with E-state index in [1.54, 1.807) is 18.2 Å². The summed E-state index contributed by atoms with van der Waals surface area (Å²) >= 11 is 3.30. The first kappa shape index (κ1) is 14.2. The predicted molar refractivity (Wildman–Crippen MR) is 77.6 cm³/mol. The van der Waals surface area contributed by atoms with Crippen molar-refractivity contribution in [2.24, 2.45) is 0 Å². The van der Waals surface area contributed by atoms with Crippen molar-refractivity contribution in [2.75, 3.05) is 17.2 Å². The summed E-state index contributed by atoms with van der Waals surface area (Å²) in [5.74, 6) is 0.816. The molecule has 1 heterocycles. The molecule has 0 bridgehead atoms. The Hall–Kier alpha value is -2.20. The average molecular weight is 336 g/mol. The third kappa shape index (κ3) is 3.90. The number of nitrogens with one attached hydrogen (secondary N) is 2. The summed E-state index contributed by atoms with van der Waals surface area (Å²) in [7, 11) is 0. The second-order valence-corrected chi connectivity index (χ2v) is 4.81. The first-order chi connectivity index (χ1) is 9.69. The molecule has 0 aliphatic heterocycles. The molecule has 0 spiro atoms. The van der Waals surface area contributed by atoms with Crippen LogP contribution in [0.1, 0.15) is 5.56 Å². The Morgan fingerprint density at radius 1 is 1.20 bits per heavy atom. The van der Waals surface area contributed by atoms with Gasteiger partial charge in [0.05, 0.1) is 6.07 Å². The minimum atomic E-state index is -0.280. The van der Waals surface area contributed by atoms with Crippen molar-refractivity contribution in [1.29, 1.82) is 5.26 Å². The van der Waals surface area contributed by atoms with E-state index < -0.39 is 0 Å². The highest BCUT2D eigenvalue weighted by Crippen LogP contribution is 2.17. The maximum Gasteiger partial charge on any atom is 0.132 e. The van der Waals surface area contributed by atoms with Crippen molar-refractivity contribution in [3.05, 3.63) is 46.4 Å². The number of benzene rings is 1. The molecule has 0 amide bonds. The van der Waals surface area contributed by atoms with Gasteiger partial charge < -0.3 is 10.6 Å². The molecule has 0 radical (unpaired) electrons. The fourth-order valence-corrected chi connectivity index (χ4v) is 1.95. The number of anilines is 2. The smallest absolute Gasteiger partial charge is 0.132 e. The summed E-state index contributed by atoms with van der Waals surface area (Å²) in [6.45, 7) is 0.469. The Kier molecular flexibility index (Phi) is 4.85. The minimum Gasteiger partial charge on any atom is -0.366 e. The fraction of sp³-hybridized carbons (Fsp3) is 0.154. The van der Waals surface area contributed by atoms with Gasteiger partial charge in [-0.05, 0) is 18.2 Å². The number of aromatic nitrogens is 2. The summed E-state index contributed by atoms with van der Waals surface area (Å²) < 4.78 is 14.4. The zero-order chi connectivity index (χ0) is 14.4. The molecule has 20 heavy (non-hydrogen) atoms. The summed E-state index contributed by atoms with van der Waals surface area (Å²) in [5, 5.41) is 14.3. The van der Waals surface area contributed by atoms with Crippen LogP contribution in [0.25, 0.3) is 0 Å². The van der Waals surface area contributed by atoms with Crippen LogP contribution in [0.4, 0.5) is 16.0 Å². The molecule has 102 valence electrons. The van der Waals surface area contributed by atoms with Crippen LogP contribution >= 0.6 is 15.9 Å². The molecule has 1 aromatic heterocycles. The highest BCUT2D eigenvalue weighted by atomic mass is 79.9. The molecule has 1 aromatic carbocycles. The van der Waals surface area contributed by atoms with Crippen LogP contribution in [0.5, 0.6) is 0 Å². The predicted octanol–water partition coefficient (Wildman–Crippen LogP) is 2.93. The Morgan fingerprint density at radius 3 is 2.70 bits per heavy atom. The van der Waals surface area contributed by atoms with Gasteiger partial charge in [0.2, 0.25) is 0 Å². The first-order valence-corrected chi connectivity index (χ1v) is 6.59. The third-order valence-corrected chi connectivity index (χ3v) is 2.98. The van der Waals surface area contributed by atoms with E-state index in [1.807, 2.05) is 6.07 Å². The van der Waals surface area contributed by atoms with Crippen LogP contribution in [0.3, 0.4) is 0 Å². The van der Waals surface area contributed by atoms with Gasteiger partial charge in [0.15, 0.2) is 0 Å². The van der Waals surface area contributed by atoms with Gasteiger partial charge in [0, 0.05) is 22.6 Å². The lowest BCUT2D eigenvalue weighted by molar-refractivity contribution is 0.612. The van der Waals surface area contributed by atoms with Gasteiger partial charge in [-0.3, -0.25) is 0 Å². The SMILES string of the molecule is N#CCNc1cc(NCc2cc(Br)ccc2F)ncn1. The number of hydrogen-bond donors (Lipinski definition) is 2. The van der Waals surface area contributed by atoms with E-state index in [-0.39, 0.29) is 12.4 Å². The van der Waals surface area contributed by atoms with Crippen molar-refractivity contribution in [3.8, 4) is 6.07 Å². The van der Waals surface area contributed by atoms with Gasteiger partial charge in [-0.1, -0.05) is 15.9 Å². The fourth-order valence-electron chi connectivity index (χ4n) is 1.55. The molecule has 0 aliphatic rings. The number of hydrogen-bond acceptors (Lipinski definition) is 5. The number of halogens is 2. The van der Waals surface area contributed by atoms with Crippen molar-refractivity contribution < 1.29 is 4.39 Å². The van der Waals surface area contributed by atoms with Crippen molar-refractivity contribution in [1.82, 2.24) is 9.97 Å². The van der Waals surface area contributed by atoms with E-state index in [9.17, 15) is 4.39 Å². The largest absolute Gasteiger partial charge is 0.366 e. The molecular formula is C13H11BrFN5. The quantitative estimate of drug-likeness (QED) is 0.822. The van der Waals surface area contributed by atoms with Crippen LogP contribution in [0.2, 0.25) is 0 Å². The minimum absolute atomic E-state index is 0.163. The highest BCUT2D eigenvalue weighted by molar-refractivity contribution is 9.10. The summed E-state index contributed by atoms with van der Waals surface area (Å²) in [6.07, 6.45) is 1.37. The van der Waals surface area contributed by atoms with Gasteiger partial charge in [0.1, 0.15) is 30.3 Å². The molecule has 0 saturated carbocycles. The third-order valence-electron chi connectivity index (χ3n) is 2.48. The maximum atomic E-state index is 13.6. The van der Waals surface area contributed by atoms with E-state index in [0.29, 0.717) is 23.7 Å². The molecule has 0 unspecified atom stereocenters. The average Bonchev–Trinajstić information content (AvgIpc) is 2.46. The zero-order valence-corrected chi connectivity index (χ0v) is 12.0. The Labute approximate surface area is 124 Å². The molecule has 0 atom stereocenters. The lowest BCUT2D eigenvalue weighted by Gasteiger charge is -2.08. The van der Waals surface area contributed by atoms with E-state index in [0.717, 1.165) is 4.47 Å². The van der Waals surface area contributed by atoms with Crippen LogP contribution in [0, 0.1) is 17.1 Å². The second-order valence-electron chi connectivity index (χ2n) is 3.89. The standard InChI is InChI=1S/C13H11BrFN5/c14-10-1-2-11(15)9(5-10)7-18-13-6-12(17-4-3-16)19-8-20-13/h1-2,5-6,8H,4,7H2,(H2,17,18,19,20). The molecular weight excluding hydrogens is 325 g/mol. The van der Waals surface area contributed by atoms with Crippen LogP contribution in [-0.4, -0.2) is 16.5 Å². The summed E-state index contributed by atoms with van der Waals surface area (Å²) in [4.78, 5) is 8.00. The molecule has 7 heteroatoms. The zero-order valence-electron chi connectivity index (χ0n) is 10.4. The second kappa shape index (κ2) is 6.82. The number of nitrogens with zero attached hydrogens (tertiary/aromatic N) is 3. The van der Waals surface area contributed by atoms with E-state index in [2.05, 4.69) is 36.5 Å².